The molecule has 0 bridgehead atoms. The van der Waals surface area contributed by atoms with Gasteiger partial charge in [0.2, 0.25) is 0 Å². The van der Waals surface area contributed by atoms with Crippen molar-refractivity contribution in [2.24, 2.45) is 0 Å². The van der Waals surface area contributed by atoms with Crippen LogP contribution in [-0.2, 0) is 12.8 Å². The third kappa shape index (κ3) is 13.0. The molecular formula is C69H72N2S. The summed E-state index contributed by atoms with van der Waals surface area (Å²) in [6.07, 6.45) is 25.2. The van der Waals surface area contributed by atoms with E-state index in [0.29, 0.717) is 0 Å². The van der Waals surface area contributed by atoms with Crippen molar-refractivity contribution in [3.05, 3.63) is 275 Å². The lowest BCUT2D eigenvalue weighted by Crippen LogP contribution is -2.27. The van der Waals surface area contributed by atoms with Crippen LogP contribution in [0.4, 0.5) is 0 Å². The molecular weight excluding hydrogens is 889 g/mol. The molecule has 0 radical (unpaired) electrons. The summed E-state index contributed by atoms with van der Waals surface area (Å²) in [5.41, 5.74) is 19.1. The smallest absolute Gasteiger partial charge is 0.0974 e. The molecule has 3 heteroatoms. The Bertz CT molecular complexity index is 3290. The quantitative estimate of drug-likeness (QED) is 0.0734. The van der Waals surface area contributed by atoms with Crippen molar-refractivity contribution in [3.8, 4) is 16.8 Å². The lowest BCUT2D eigenvalue weighted by molar-refractivity contribution is 0.998. The lowest BCUT2D eigenvalue weighted by Gasteiger charge is -2.11. The van der Waals surface area contributed by atoms with Gasteiger partial charge in [-0.2, -0.15) is 10.5 Å². The normalized spacial score (nSPS) is 13.0. The molecule has 0 spiro atoms. The van der Waals surface area contributed by atoms with Crippen molar-refractivity contribution >= 4 is 56.4 Å². The van der Waals surface area contributed by atoms with Crippen molar-refractivity contribution in [1.29, 1.82) is 0 Å². The first kappa shape index (κ1) is 53.7. The molecule has 0 N–H and O–H groups in total. The summed E-state index contributed by atoms with van der Waals surface area (Å²) in [4.78, 5) is 1.36. The van der Waals surface area contributed by atoms with Gasteiger partial charge in [0.05, 0.1) is 16.6 Å². The van der Waals surface area contributed by atoms with Crippen molar-refractivity contribution in [2.75, 3.05) is 6.26 Å². The van der Waals surface area contributed by atoms with Gasteiger partial charge in [-0.05, 0) is 114 Å². The van der Waals surface area contributed by atoms with E-state index in [1.165, 1.54) is 77.1 Å². The van der Waals surface area contributed by atoms with Gasteiger partial charge in [0.15, 0.2) is 0 Å². The Morgan fingerprint density at radius 3 is 1.79 bits per heavy atom. The van der Waals surface area contributed by atoms with Gasteiger partial charge in [-0.3, -0.25) is 0 Å². The maximum atomic E-state index is 4.26. The molecule has 2 aromatic heterocycles. The highest BCUT2D eigenvalue weighted by Crippen LogP contribution is 2.39. The van der Waals surface area contributed by atoms with Gasteiger partial charge < -0.3 is 9.13 Å². The Kier molecular flexibility index (Phi) is 21.0. The number of fused-ring (bicyclic) bond motifs is 6. The van der Waals surface area contributed by atoms with Crippen LogP contribution in [0, 0.1) is 0 Å². The summed E-state index contributed by atoms with van der Waals surface area (Å²) in [6, 6.07) is 63.0. The number of allylic oxidation sites excluding steroid dienone is 10. The third-order valence-electron chi connectivity index (χ3n) is 12.2. The molecule has 72 heavy (non-hydrogen) atoms. The number of aromatic nitrogens is 2. The molecule has 0 fully saturated rings. The second-order valence-electron chi connectivity index (χ2n) is 16.3. The number of hydrogen-bond acceptors (Lipinski definition) is 0. The van der Waals surface area contributed by atoms with Crippen LogP contribution in [0.5, 0.6) is 0 Å². The van der Waals surface area contributed by atoms with Gasteiger partial charge in [0.25, 0.3) is 0 Å². The van der Waals surface area contributed by atoms with Gasteiger partial charge in [0.1, 0.15) is 0 Å². The predicted octanol–water partition coefficient (Wildman–Crippen LogP) is 17.5. The van der Waals surface area contributed by atoms with Gasteiger partial charge >= 0.3 is 0 Å². The van der Waals surface area contributed by atoms with E-state index in [9.17, 15) is 0 Å². The molecule has 0 saturated heterocycles. The van der Waals surface area contributed by atoms with Crippen molar-refractivity contribution in [2.45, 2.75) is 72.6 Å². The minimum Gasteiger partial charge on any atom is -0.313 e. The molecule has 0 saturated carbocycles. The van der Waals surface area contributed by atoms with E-state index in [1.54, 1.807) is 0 Å². The molecule has 0 aliphatic heterocycles. The minimum absolute atomic E-state index is 0.0737. The highest BCUT2D eigenvalue weighted by atomic mass is 32.2. The molecule has 364 valence electrons. The van der Waals surface area contributed by atoms with Crippen LogP contribution in [-0.4, -0.2) is 20.8 Å². The van der Waals surface area contributed by atoms with Crippen molar-refractivity contribution in [3.63, 3.8) is 0 Å². The Morgan fingerprint density at radius 2 is 1.21 bits per heavy atom. The average molecular weight is 961 g/mol. The number of hydrogen-bond donors (Lipinski definition) is 0. The van der Waals surface area contributed by atoms with Crippen LogP contribution >= 0.6 is 10.5 Å². The standard InChI is InChI=1S/C45H38N2S.C12H10.C6H6.3C2H6/c1-4-32(16-15-27-48(3)37-19-10-7-11-20-37)25-26-35(5-2)46-43-24-14-22-39(43)41-29-33(30-44(41)46)34-28-40-38-21-12-13-23-42(38)47(45(40)31-34)36-17-8-6-9-18-36;1-3-7-11(8-4-1)12-9-5-2-6-10-12;1-2-4-6-5-3-1;3*1-2/h4-21,23-24,26-29H,2,22,25,31H2,1,3H3;1-10H;1-6H;3*1-2H3/b16-15-,32-4+,35-26+;;;;;. The van der Waals surface area contributed by atoms with E-state index in [4.69, 9.17) is 0 Å². The Labute approximate surface area is 433 Å². The predicted molar refractivity (Wildman–Crippen MR) is 321 cm³/mol. The molecule has 8 aromatic rings. The highest BCUT2D eigenvalue weighted by Gasteiger charge is 2.26. The van der Waals surface area contributed by atoms with E-state index in [1.807, 2.05) is 96.1 Å². The molecule has 6 aromatic carbocycles. The van der Waals surface area contributed by atoms with Crippen LogP contribution in [0.3, 0.4) is 0 Å². The number of para-hydroxylation sites is 2. The Morgan fingerprint density at radius 1 is 0.667 bits per heavy atom. The van der Waals surface area contributed by atoms with Crippen LogP contribution in [0.2, 0.25) is 0 Å². The van der Waals surface area contributed by atoms with E-state index in [2.05, 4.69) is 222 Å². The van der Waals surface area contributed by atoms with E-state index in [0.717, 1.165) is 30.3 Å². The van der Waals surface area contributed by atoms with Gasteiger partial charge in [0, 0.05) is 50.1 Å². The molecule has 3 aliphatic carbocycles. The van der Waals surface area contributed by atoms with E-state index >= 15 is 0 Å². The zero-order valence-electron chi connectivity index (χ0n) is 43.7. The summed E-state index contributed by atoms with van der Waals surface area (Å²) in [5, 5.41) is 6.03. The third-order valence-corrected chi connectivity index (χ3v) is 13.8. The highest BCUT2D eigenvalue weighted by molar-refractivity contribution is 8.14. The molecule has 2 nitrogen and oxygen atoms in total. The fourth-order valence-corrected chi connectivity index (χ4v) is 9.94. The average Bonchev–Trinajstić information content (AvgIpc) is 4.32. The molecule has 1 unspecified atom stereocenters. The van der Waals surface area contributed by atoms with Gasteiger partial charge in [-0.15, -0.1) is 0 Å². The fraction of sp³-hybridized carbons (Fsp3) is 0.159. The van der Waals surface area contributed by atoms with Crippen molar-refractivity contribution in [1.82, 2.24) is 9.13 Å². The van der Waals surface area contributed by atoms with E-state index < -0.39 is 0 Å². The lowest BCUT2D eigenvalue weighted by atomic mass is 10.1. The first-order chi connectivity index (χ1) is 35.6. The first-order valence-corrected chi connectivity index (χ1v) is 27.4. The number of benzene rings is 6. The van der Waals surface area contributed by atoms with Crippen LogP contribution in [0.1, 0.15) is 77.4 Å². The molecule has 11 rings (SSSR count). The van der Waals surface area contributed by atoms with Crippen molar-refractivity contribution < 1.29 is 0 Å². The second-order valence-corrected chi connectivity index (χ2v) is 18.2. The summed E-state index contributed by atoms with van der Waals surface area (Å²) in [6.45, 7) is 18.4. The number of rotatable bonds is 10. The van der Waals surface area contributed by atoms with Gasteiger partial charge in [-0.25, -0.2) is 0 Å². The maximum absolute atomic E-state index is 4.26. The maximum Gasteiger partial charge on any atom is 0.0974 e. The Balaban J connectivity index is 0.000000291. The zero-order valence-corrected chi connectivity index (χ0v) is 44.5. The molecule has 0 amide bonds. The molecule has 3 aliphatic rings. The monoisotopic (exact) mass is 961 g/mol. The summed E-state index contributed by atoms with van der Waals surface area (Å²) in [5.74, 6) is 0. The molecule has 2 heterocycles. The van der Waals surface area contributed by atoms with Crippen LogP contribution < -0.4 is 10.6 Å². The van der Waals surface area contributed by atoms with E-state index in [-0.39, 0.29) is 10.5 Å². The topological polar surface area (TPSA) is 9.86 Å². The first-order valence-electron chi connectivity index (χ1n) is 25.7. The second kappa shape index (κ2) is 28.2. The van der Waals surface area contributed by atoms with Crippen LogP contribution in [0.15, 0.2) is 247 Å². The minimum atomic E-state index is 0.0737. The summed E-state index contributed by atoms with van der Waals surface area (Å²) < 4.78 is 4.81. The SMILES string of the molecule is C=C/C(=C\CC(/C=C\C=S(/C)c1ccccc1)=C/C)n1c2c(c3c1=C=C(C1=Cc4c(n(-c5ccccc5)c5ccccc45)C1)C=3)CC=C2.CC.CC.CC.c1ccc(-c2ccccc2)cc1.c1ccccc1. The summed E-state index contributed by atoms with van der Waals surface area (Å²) in [7, 11) is 0.0737. The fourth-order valence-electron chi connectivity index (χ4n) is 8.88. The zero-order chi connectivity index (χ0) is 51.1. The largest absolute Gasteiger partial charge is 0.313 e. The number of nitrogens with zero attached hydrogens (tertiary/aromatic N) is 2. The molecule has 1 atom stereocenters. The van der Waals surface area contributed by atoms with Crippen LogP contribution in [0.25, 0.3) is 57.4 Å². The van der Waals surface area contributed by atoms with Gasteiger partial charge in [-0.1, -0.05) is 236 Å². The summed E-state index contributed by atoms with van der Waals surface area (Å²) >= 11 is 0. The Hall–Kier alpha value is -7.68.